The number of urea groups is 1. The quantitative estimate of drug-likeness (QED) is 0.223. The second-order valence-electron chi connectivity index (χ2n) is 7.93. The number of nitrogens with one attached hydrogen (secondary N) is 1. The van der Waals surface area contributed by atoms with Gasteiger partial charge in [-0.3, -0.25) is 9.67 Å². The van der Waals surface area contributed by atoms with Gasteiger partial charge in [0.1, 0.15) is 0 Å². The maximum absolute atomic E-state index is 15.0. The number of pyridine rings is 1. The van der Waals surface area contributed by atoms with Gasteiger partial charge in [0, 0.05) is 45.0 Å². The lowest BCUT2D eigenvalue weighted by molar-refractivity contribution is -0.147. The van der Waals surface area contributed by atoms with Crippen LogP contribution in [0.1, 0.15) is 43.7 Å². The van der Waals surface area contributed by atoms with Gasteiger partial charge in [0.05, 0.1) is 18.0 Å². The van der Waals surface area contributed by atoms with Gasteiger partial charge in [0.25, 0.3) is 6.43 Å². The van der Waals surface area contributed by atoms with Crippen molar-refractivity contribution < 1.29 is 31.6 Å². The molecule has 0 aromatic carbocycles. The zero-order valence-corrected chi connectivity index (χ0v) is 21.1. The third kappa shape index (κ3) is 7.15. The first-order valence-electron chi connectivity index (χ1n) is 10.5. The fourth-order valence-corrected chi connectivity index (χ4v) is 4.06. The topological polar surface area (TPSA) is 95.8 Å². The van der Waals surface area contributed by atoms with E-state index >= 15 is 0 Å². The van der Waals surface area contributed by atoms with Crippen molar-refractivity contribution >= 4 is 37.4 Å². The Morgan fingerprint density at radius 2 is 2.03 bits per heavy atom. The number of halogens is 4. The molecule has 2 N–H and O–H groups in total. The molecule has 1 fully saturated rings. The minimum Gasteiger partial charge on any atom is -0.405 e. The molecular formula is C20H28F4N6O3S2. The standard InChI is InChI=1S/C20H26F4N6O3S.H2S/c1-12(31)15-10-14(4-7-25-15)26-19(32)30-8-5-13(6-9-30)20(23,24)29(3)34-33-16-11-28(2)27-17(16)18(21)22;/h4,7,10-13,18,31H,5-6,8-9H2,1-3H3,(H,25,26,32);1H2. The lowest BCUT2D eigenvalue weighted by Gasteiger charge is -2.38. The summed E-state index contributed by atoms with van der Waals surface area (Å²) in [5.41, 5.74) is 0.210. The van der Waals surface area contributed by atoms with E-state index in [0.717, 1.165) is 11.7 Å². The predicted octanol–water partition coefficient (Wildman–Crippen LogP) is 4.33. The van der Waals surface area contributed by atoms with Crippen LogP contribution >= 0.6 is 25.7 Å². The lowest BCUT2D eigenvalue weighted by atomic mass is 9.94. The normalized spacial score (nSPS) is 15.8. The SMILES string of the molecule is CC(O)c1cc(NC(=O)N2CCC(C(F)(F)N(C)SOc3cn(C)nc3C(F)F)CC2)ccn1.S. The molecule has 9 nitrogen and oxygen atoms in total. The lowest BCUT2D eigenvalue weighted by Crippen LogP contribution is -2.49. The van der Waals surface area contributed by atoms with E-state index in [1.54, 1.807) is 13.0 Å². The molecular weight excluding hydrogens is 512 g/mol. The van der Waals surface area contributed by atoms with Crippen LogP contribution in [0.4, 0.5) is 28.0 Å². The molecule has 0 radical (unpaired) electrons. The van der Waals surface area contributed by atoms with E-state index in [4.69, 9.17) is 4.18 Å². The fourth-order valence-electron chi connectivity index (χ4n) is 3.49. The number of carbonyl (C=O) groups is 1. The van der Waals surface area contributed by atoms with E-state index in [0.29, 0.717) is 15.7 Å². The molecule has 0 saturated carbocycles. The number of aliphatic hydroxyl groups excluding tert-OH is 1. The van der Waals surface area contributed by atoms with Crippen LogP contribution in [-0.2, 0) is 7.05 Å². The van der Waals surface area contributed by atoms with Crippen LogP contribution in [0, 0.1) is 5.92 Å². The summed E-state index contributed by atoms with van der Waals surface area (Å²) in [6, 6.07) is -0.639. The monoisotopic (exact) mass is 540 g/mol. The largest absolute Gasteiger partial charge is 0.405 e. The third-order valence-electron chi connectivity index (χ3n) is 5.42. The van der Waals surface area contributed by atoms with E-state index in [2.05, 4.69) is 15.4 Å². The second-order valence-corrected chi connectivity index (χ2v) is 8.80. The number of anilines is 1. The summed E-state index contributed by atoms with van der Waals surface area (Å²) in [6.07, 6.45) is -0.982. The molecule has 0 bridgehead atoms. The van der Waals surface area contributed by atoms with Crippen LogP contribution in [0.25, 0.3) is 0 Å². The van der Waals surface area contributed by atoms with Gasteiger partial charge in [-0.25, -0.2) is 13.6 Å². The van der Waals surface area contributed by atoms with E-state index in [9.17, 15) is 27.5 Å². The molecule has 0 aliphatic carbocycles. The van der Waals surface area contributed by atoms with Gasteiger partial charge in [-0.2, -0.15) is 31.7 Å². The van der Waals surface area contributed by atoms with Gasteiger partial charge in [-0.15, -0.1) is 0 Å². The number of rotatable bonds is 8. The first-order chi connectivity index (χ1) is 16.0. The zero-order valence-electron chi connectivity index (χ0n) is 19.3. The summed E-state index contributed by atoms with van der Waals surface area (Å²) in [6.45, 7) is 1.77. The van der Waals surface area contributed by atoms with Crippen LogP contribution in [0.2, 0.25) is 0 Å². The molecule has 1 aliphatic rings. The van der Waals surface area contributed by atoms with Crippen molar-refractivity contribution in [2.45, 2.75) is 38.3 Å². The van der Waals surface area contributed by atoms with Crippen molar-refractivity contribution in [1.82, 2.24) is 24.0 Å². The van der Waals surface area contributed by atoms with E-state index in [1.807, 2.05) is 0 Å². The molecule has 3 heterocycles. The Balaban J connectivity index is 0.00000432. The smallest absolute Gasteiger partial charge is 0.321 e. The Hall–Kier alpha value is -2.23. The fraction of sp³-hybridized carbons (Fsp3) is 0.550. The van der Waals surface area contributed by atoms with Crippen molar-refractivity contribution in [3.05, 3.63) is 35.9 Å². The number of piperidine rings is 1. The minimum atomic E-state index is -3.31. The number of nitrogens with zero attached hydrogens (tertiary/aromatic N) is 5. The molecule has 1 saturated heterocycles. The van der Waals surface area contributed by atoms with Gasteiger partial charge in [0.15, 0.2) is 23.7 Å². The van der Waals surface area contributed by atoms with Gasteiger partial charge in [-0.1, -0.05) is 0 Å². The molecule has 15 heteroatoms. The molecule has 35 heavy (non-hydrogen) atoms. The number of alkyl halides is 4. The van der Waals surface area contributed by atoms with Crippen molar-refractivity contribution in [3.63, 3.8) is 0 Å². The van der Waals surface area contributed by atoms with Crippen molar-refractivity contribution in [3.8, 4) is 5.75 Å². The molecule has 0 spiro atoms. The molecule has 1 atom stereocenters. The number of aryl methyl sites for hydroxylation is 1. The maximum atomic E-state index is 15.0. The number of likely N-dealkylation sites (tertiary alicyclic amines) is 1. The van der Waals surface area contributed by atoms with Crippen LogP contribution in [-0.4, -0.2) is 61.3 Å². The highest BCUT2D eigenvalue weighted by atomic mass is 32.2. The molecule has 196 valence electrons. The van der Waals surface area contributed by atoms with Crippen LogP contribution in [0.3, 0.4) is 0 Å². The molecule has 2 aromatic rings. The molecule has 1 aliphatic heterocycles. The first kappa shape index (κ1) is 29.0. The van der Waals surface area contributed by atoms with E-state index in [1.165, 1.54) is 30.4 Å². The number of aliphatic hydroxyl groups is 1. The predicted molar refractivity (Wildman–Crippen MR) is 128 cm³/mol. The van der Waals surface area contributed by atoms with E-state index in [-0.39, 0.29) is 57.4 Å². The van der Waals surface area contributed by atoms with Gasteiger partial charge >= 0.3 is 12.1 Å². The molecule has 2 aromatic heterocycles. The third-order valence-corrected chi connectivity index (χ3v) is 6.14. The Kier molecular flexibility index (Phi) is 10.1. The van der Waals surface area contributed by atoms with Crippen molar-refractivity contribution in [1.29, 1.82) is 0 Å². The van der Waals surface area contributed by atoms with E-state index < -0.39 is 36.2 Å². The summed E-state index contributed by atoms with van der Waals surface area (Å²) >= 11 is 0.265. The molecule has 1 unspecified atom stereocenters. The van der Waals surface area contributed by atoms with Gasteiger partial charge < -0.3 is 19.5 Å². The Morgan fingerprint density at radius 1 is 1.37 bits per heavy atom. The van der Waals surface area contributed by atoms with Gasteiger partial charge in [0.2, 0.25) is 0 Å². The highest BCUT2D eigenvalue weighted by molar-refractivity contribution is 7.92. The van der Waals surface area contributed by atoms with Crippen molar-refractivity contribution in [2.24, 2.45) is 13.0 Å². The summed E-state index contributed by atoms with van der Waals surface area (Å²) in [5, 5.41) is 15.9. The first-order valence-corrected chi connectivity index (χ1v) is 11.2. The molecule has 3 rings (SSSR count). The summed E-state index contributed by atoms with van der Waals surface area (Å²) in [7, 11) is 2.54. The number of hydrogen-bond acceptors (Lipinski definition) is 7. The molecule has 2 amide bonds. The number of hydrogen-bond donors (Lipinski definition) is 2. The van der Waals surface area contributed by atoms with Crippen molar-refractivity contribution in [2.75, 3.05) is 25.5 Å². The summed E-state index contributed by atoms with van der Waals surface area (Å²) in [4.78, 5) is 18.0. The zero-order chi connectivity index (χ0) is 25.0. The highest BCUT2D eigenvalue weighted by Crippen LogP contribution is 2.40. The summed E-state index contributed by atoms with van der Waals surface area (Å²) < 4.78 is 62.8. The average Bonchev–Trinajstić information content (AvgIpc) is 3.18. The minimum absolute atomic E-state index is 0. The van der Waals surface area contributed by atoms with Crippen LogP contribution in [0.5, 0.6) is 5.75 Å². The Labute approximate surface area is 211 Å². The van der Waals surface area contributed by atoms with Gasteiger partial charge in [-0.05, 0) is 31.9 Å². The Bertz CT molecular complexity index is 990. The Morgan fingerprint density at radius 3 is 2.63 bits per heavy atom. The maximum Gasteiger partial charge on any atom is 0.321 e. The average molecular weight is 541 g/mol. The second kappa shape index (κ2) is 12.1. The number of carbonyl (C=O) groups excluding carboxylic acids is 1. The number of aromatic nitrogens is 3. The highest BCUT2D eigenvalue weighted by Gasteiger charge is 2.46. The summed E-state index contributed by atoms with van der Waals surface area (Å²) in [5.74, 6) is -1.35. The van der Waals surface area contributed by atoms with Crippen LogP contribution in [0.15, 0.2) is 24.5 Å². The van der Waals surface area contributed by atoms with Crippen LogP contribution < -0.4 is 9.50 Å². The number of amides is 2.